The van der Waals surface area contributed by atoms with Gasteiger partial charge in [-0.1, -0.05) is 54.1 Å². The quantitative estimate of drug-likeness (QED) is 0.0584. The molecule has 2 N–H and O–H groups in total. The summed E-state index contributed by atoms with van der Waals surface area (Å²) in [5.41, 5.74) is 0.422. The molecule has 6 aromatic rings. The third-order valence-electron chi connectivity index (χ3n) is 14.4. The summed E-state index contributed by atoms with van der Waals surface area (Å²) in [4.78, 5) is 19.5. The fourth-order valence-corrected chi connectivity index (χ4v) is 15.3. The van der Waals surface area contributed by atoms with E-state index in [-0.39, 0.29) is 50.5 Å². The lowest BCUT2D eigenvalue weighted by molar-refractivity contribution is -0.0435. The van der Waals surface area contributed by atoms with E-state index in [1.807, 2.05) is 99.6 Å². The summed E-state index contributed by atoms with van der Waals surface area (Å²) in [6.07, 6.45) is 1.67. The first kappa shape index (κ1) is 56.4. The molecule has 4 heterocycles. The van der Waals surface area contributed by atoms with Gasteiger partial charge in [-0.25, -0.2) is 17.8 Å². The molecule has 0 spiro atoms. The van der Waals surface area contributed by atoms with Crippen LogP contribution in [0.1, 0.15) is 55.2 Å². The highest BCUT2D eigenvalue weighted by Crippen LogP contribution is 2.56. The molecule has 5 aromatic carbocycles. The monoisotopic (exact) mass is 1150 g/mol. The molecule has 14 nitrogen and oxygen atoms in total. The summed E-state index contributed by atoms with van der Waals surface area (Å²) in [6, 6.07) is 35.2. The largest absolute Gasteiger partial charge is 0.501 e. The summed E-state index contributed by atoms with van der Waals surface area (Å²) in [5.74, 6) is -0.605. The van der Waals surface area contributed by atoms with Crippen LogP contribution in [-0.4, -0.2) is 111 Å². The molecule has 2 atom stereocenters. The number of aromatic carboxylic acids is 1. The van der Waals surface area contributed by atoms with Crippen LogP contribution in [0.2, 0.25) is 5.02 Å². The van der Waals surface area contributed by atoms with Crippen molar-refractivity contribution < 1.29 is 49.7 Å². The Morgan fingerprint density at radius 3 is 2.16 bits per heavy atom. The Morgan fingerprint density at radius 2 is 1.52 bits per heavy atom. The zero-order valence-electron chi connectivity index (χ0n) is 42.7. The third-order valence-corrected chi connectivity index (χ3v) is 20.3. The van der Waals surface area contributed by atoms with Crippen molar-refractivity contribution in [3.63, 3.8) is 0 Å². The molecule has 3 aliphatic heterocycles. The van der Waals surface area contributed by atoms with E-state index in [0.717, 1.165) is 39.2 Å². The van der Waals surface area contributed by atoms with E-state index in [1.165, 1.54) is 28.6 Å². The van der Waals surface area contributed by atoms with Crippen LogP contribution in [0.3, 0.4) is 0 Å². The molecule has 408 valence electrons. The molecule has 0 aliphatic carbocycles. The summed E-state index contributed by atoms with van der Waals surface area (Å²) in [5, 5.41) is 14.1. The molecule has 3 saturated heterocycles. The molecule has 3 fully saturated rings. The van der Waals surface area contributed by atoms with Crippen molar-refractivity contribution in [3.05, 3.63) is 138 Å². The third kappa shape index (κ3) is 12.3. The number of halogens is 4. The summed E-state index contributed by atoms with van der Waals surface area (Å²) in [7, 11) is -10.5. The van der Waals surface area contributed by atoms with Crippen molar-refractivity contribution >= 4 is 83.4 Å². The number of nitrogens with one attached hydrogen (secondary N) is 1. The standard InChI is InChI=1S/C55H60ClF3N6O8P2S2/c1-37(2)65-38(3)51(54(66)67)52(53(65)39-12-14-41(56)15-13-39)40-8-7-9-45(34-40)63-30-28-62(29-31-63)43-16-18-44(19-17-43)64-32-33-72-75(64,69)47-20-21-49(50(35-47)77(70,71)55(57,58)59)60-42(36-76-48-10-5-4-6-11-48)22-25-61-26-23-46(24-27-61)73-74-68/h4-21,34-35,37,42,46,60H,22-33,36H2,1-3H3,(H,66,67)/t42-,75-/m1/s1. The number of alkyl halides is 3. The van der Waals surface area contributed by atoms with Gasteiger partial charge in [-0.05, 0) is 130 Å². The van der Waals surface area contributed by atoms with Crippen molar-refractivity contribution in [1.82, 2.24) is 9.47 Å². The van der Waals surface area contributed by atoms with Crippen LogP contribution in [0.15, 0.2) is 131 Å². The second-order valence-electron chi connectivity index (χ2n) is 19.6. The number of aromatic nitrogens is 1. The van der Waals surface area contributed by atoms with E-state index in [2.05, 4.69) is 24.6 Å². The highest BCUT2D eigenvalue weighted by Gasteiger charge is 2.49. The SMILES string of the molecule is Cc1c(C(=O)O)c(-c2cccc(N3CCN(c4ccc(N5CCO[P@]5(=O)c5ccc(N[C@H](CCN6CCC(OP=O)CC6)CSc6ccccc6)c(S(=O)(=O)C(F)(F)F)c5)cc4)CC3)c2)c(-c2ccc(Cl)cc2)n1C(C)C. The van der Waals surface area contributed by atoms with Gasteiger partial charge in [-0.3, -0.25) is 13.8 Å². The van der Waals surface area contributed by atoms with E-state index in [0.29, 0.717) is 92.8 Å². The van der Waals surface area contributed by atoms with Gasteiger partial charge in [0.25, 0.3) is 9.84 Å². The molecule has 0 amide bonds. The van der Waals surface area contributed by atoms with Crippen LogP contribution >= 0.6 is 39.6 Å². The van der Waals surface area contributed by atoms with Gasteiger partial charge in [0.2, 0.25) is 0 Å². The fourth-order valence-electron chi connectivity index (χ4n) is 10.6. The number of carboxylic acid groups (broad SMARTS) is 1. The van der Waals surface area contributed by atoms with Crippen LogP contribution in [0.25, 0.3) is 22.4 Å². The Hall–Kier alpha value is -5.36. The molecular formula is C55H60ClF3N6O8P2S2. The number of anilines is 4. The summed E-state index contributed by atoms with van der Waals surface area (Å²) in [6.45, 7) is 10.6. The second-order valence-corrected chi connectivity index (χ2v) is 25.7. The predicted octanol–water partition coefficient (Wildman–Crippen LogP) is 12.7. The number of hydrogen-bond acceptors (Lipinski definition) is 12. The predicted molar refractivity (Wildman–Crippen MR) is 301 cm³/mol. The van der Waals surface area contributed by atoms with Crippen molar-refractivity contribution in [2.24, 2.45) is 0 Å². The van der Waals surface area contributed by atoms with Crippen molar-refractivity contribution in [3.8, 4) is 22.4 Å². The molecule has 0 saturated carbocycles. The minimum atomic E-state index is -5.95. The van der Waals surface area contributed by atoms with E-state index >= 15 is 4.57 Å². The lowest BCUT2D eigenvalue weighted by Crippen LogP contribution is -2.46. The average Bonchev–Trinajstić information content (AvgIpc) is 4.10. The number of thioether (sulfide) groups is 1. The number of piperidine rings is 1. The van der Waals surface area contributed by atoms with Crippen molar-refractivity contribution in [2.45, 2.75) is 73.5 Å². The number of likely N-dealkylation sites (tertiary alicyclic amines) is 1. The van der Waals surface area contributed by atoms with Crippen molar-refractivity contribution in [2.75, 3.05) is 84.5 Å². The Morgan fingerprint density at radius 1 is 0.857 bits per heavy atom. The molecule has 0 unspecified atom stereocenters. The maximum atomic E-state index is 15.0. The van der Waals surface area contributed by atoms with Crippen LogP contribution in [0, 0.1) is 6.92 Å². The maximum absolute atomic E-state index is 15.0. The van der Waals surface area contributed by atoms with Crippen LogP contribution < -0.4 is 25.1 Å². The first-order valence-corrected chi connectivity index (χ1v) is 30.6. The van der Waals surface area contributed by atoms with E-state index in [9.17, 15) is 36.1 Å². The molecular weight excluding hydrogens is 1090 g/mol. The number of carbonyl (C=O) groups is 1. The number of hydrogen-bond donors (Lipinski definition) is 2. The number of nitrogens with zero attached hydrogens (tertiary/aromatic N) is 5. The van der Waals surface area contributed by atoms with Crippen LogP contribution in [-0.2, 0) is 28.0 Å². The summed E-state index contributed by atoms with van der Waals surface area (Å²) < 4.78 is 111. The Balaban J connectivity index is 0.918. The van der Waals surface area contributed by atoms with Gasteiger partial charge in [0, 0.05) is 102 Å². The lowest BCUT2D eigenvalue weighted by Gasteiger charge is -2.37. The Labute approximate surface area is 458 Å². The number of benzene rings is 5. The van der Waals surface area contributed by atoms with Gasteiger partial charge < -0.3 is 34.2 Å². The molecule has 3 aliphatic rings. The first-order valence-electron chi connectivity index (χ1n) is 25.4. The Kier molecular flexibility index (Phi) is 17.5. The zero-order valence-corrected chi connectivity index (χ0v) is 46.9. The molecule has 0 radical (unpaired) electrons. The molecule has 9 rings (SSSR count). The Bertz CT molecular complexity index is 3230. The molecule has 77 heavy (non-hydrogen) atoms. The number of rotatable bonds is 19. The molecule has 22 heteroatoms. The minimum absolute atomic E-state index is 0.00851. The molecule has 1 aromatic heterocycles. The van der Waals surface area contributed by atoms with Crippen molar-refractivity contribution in [1.29, 1.82) is 0 Å². The minimum Gasteiger partial charge on any atom is -0.478 e. The zero-order chi connectivity index (χ0) is 54.6. The van der Waals surface area contributed by atoms with Gasteiger partial charge in [0.1, 0.15) is 4.90 Å². The number of sulfone groups is 1. The fraction of sp³-hybridized carbons (Fsp3) is 0.364. The van der Waals surface area contributed by atoms with Gasteiger partial charge >= 0.3 is 27.7 Å². The highest BCUT2D eigenvalue weighted by molar-refractivity contribution is 7.99. The normalized spacial score (nSPS) is 18.4. The number of piperazine rings is 1. The molecule has 0 bridgehead atoms. The number of carboxylic acids is 1. The highest BCUT2D eigenvalue weighted by atomic mass is 35.5. The van der Waals surface area contributed by atoms with Crippen LogP contribution in [0.4, 0.5) is 35.9 Å². The lowest BCUT2D eigenvalue weighted by atomic mass is 9.96. The second kappa shape index (κ2) is 23.9. The topological polar surface area (TPSA) is 154 Å². The average molecular weight is 1150 g/mol. The van der Waals surface area contributed by atoms with Crippen LogP contribution in [0.5, 0.6) is 0 Å². The first-order chi connectivity index (χ1) is 36.9. The summed E-state index contributed by atoms with van der Waals surface area (Å²) >= 11 is 7.76. The smallest absolute Gasteiger partial charge is 0.478 e. The van der Waals surface area contributed by atoms with Gasteiger partial charge in [-0.2, -0.15) is 13.2 Å². The van der Waals surface area contributed by atoms with Gasteiger partial charge in [0.05, 0.1) is 41.5 Å². The van der Waals surface area contributed by atoms with E-state index < -0.39 is 39.8 Å². The van der Waals surface area contributed by atoms with Gasteiger partial charge in [0.15, 0.2) is 0 Å². The van der Waals surface area contributed by atoms with E-state index in [1.54, 1.807) is 24.3 Å². The maximum Gasteiger partial charge on any atom is 0.501 e. The van der Waals surface area contributed by atoms with Gasteiger partial charge in [-0.15, -0.1) is 11.8 Å². The van der Waals surface area contributed by atoms with E-state index in [4.69, 9.17) is 20.6 Å².